The number of hydrogen-bond donors (Lipinski definition) is 0. The molecule has 0 spiro atoms. The van der Waals surface area contributed by atoms with Gasteiger partial charge in [-0.2, -0.15) is 0 Å². The molecule has 0 aromatic carbocycles. The Balaban J connectivity index is 4.08. The summed E-state index contributed by atoms with van der Waals surface area (Å²) in [6.07, 6.45) is 7.87. The molecule has 0 aliphatic rings. The van der Waals surface area contributed by atoms with Crippen molar-refractivity contribution in [3.8, 4) is 0 Å². The normalized spacial score (nSPS) is 14.6. The van der Waals surface area contributed by atoms with Crippen LogP contribution in [0, 0.1) is 0 Å². The largest absolute Gasteiger partial charge is 0.407 e. The second kappa shape index (κ2) is 8.11. The summed E-state index contributed by atoms with van der Waals surface area (Å²) in [6, 6.07) is 0. The molecule has 0 aliphatic heterocycles. The standard InChI is InChI=1S/C15H32O2Si/c1-7-8-9-10-11-12-14(13-16)17-18(5,6)15(2,3)4/h13-14H,7-12H2,1-6H3/t14-/m0/s1. The second-order valence-electron chi connectivity index (χ2n) is 6.76. The third-order valence-electron chi connectivity index (χ3n) is 4.00. The van der Waals surface area contributed by atoms with E-state index in [-0.39, 0.29) is 11.1 Å². The van der Waals surface area contributed by atoms with Gasteiger partial charge in [0, 0.05) is 0 Å². The molecule has 0 unspecified atom stereocenters. The Morgan fingerprint density at radius 3 is 2.11 bits per heavy atom. The number of carbonyl (C=O) groups excluding carboxylic acids is 1. The molecule has 0 saturated carbocycles. The maximum atomic E-state index is 11.1. The van der Waals surface area contributed by atoms with Gasteiger partial charge in [0.05, 0.1) is 0 Å². The molecule has 1 atom stereocenters. The molecule has 108 valence electrons. The molecule has 0 aromatic heterocycles. The SMILES string of the molecule is CCCCCCC[C@@H](C=O)O[Si](C)(C)C(C)(C)C. The van der Waals surface area contributed by atoms with E-state index in [2.05, 4.69) is 40.8 Å². The summed E-state index contributed by atoms with van der Waals surface area (Å²) in [5, 5.41) is 0.177. The van der Waals surface area contributed by atoms with E-state index in [9.17, 15) is 4.79 Å². The summed E-state index contributed by atoms with van der Waals surface area (Å²) in [4.78, 5) is 11.1. The number of hydrogen-bond acceptors (Lipinski definition) is 2. The van der Waals surface area contributed by atoms with Gasteiger partial charge >= 0.3 is 0 Å². The molecule has 0 fully saturated rings. The lowest BCUT2D eigenvalue weighted by atomic mass is 10.1. The Kier molecular flexibility index (Phi) is 8.04. The van der Waals surface area contributed by atoms with Crippen LogP contribution < -0.4 is 0 Å². The van der Waals surface area contributed by atoms with Crippen molar-refractivity contribution in [3.05, 3.63) is 0 Å². The predicted molar refractivity (Wildman–Crippen MR) is 81.5 cm³/mol. The van der Waals surface area contributed by atoms with Crippen molar-refractivity contribution in [1.29, 1.82) is 0 Å². The third kappa shape index (κ3) is 6.69. The van der Waals surface area contributed by atoms with Crippen LogP contribution in [0.4, 0.5) is 0 Å². The number of rotatable bonds is 9. The molecule has 0 bridgehead atoms. The van der Waals surface area contributed by atoms with Crippen LogP contribution >= 0.6 is 0 Å². The quantitative estimate of drug-likeness (QED) is 0.338. The molecule has 0 rings (SSSR count). The van der Waals surface area contributed by atoms with Gasteiger partial charge in [-0.25, -0.2) is 0 Å². The lowest BCUT2D eigenvalue weighted by Crippen LogP contribution is -2.44. The summed E-state index contributed by atoms with van der Waals surface area (Å²) >= 11 is 0. The van der Waals surface area contributed by atoms with E-state index >= 15 is 0 Å². The molecule has 2 nitrogen and oxygen atoms in total. The summed E-state index contributed by atoms with van der Waals surface area (Å²) < 4.78 is 6.13. The molecule has 0 aliphatic carbocycles. The average molecular weight is 273 g/mol. The van der Waals surface area contributed by atoms with E-state index in [1.54, 1.807) is 0 Å². The third-order valence-corrected chi connectivity index (χ3v) is 8.50. The topological polar surface area (TPSA) is 26.3 Å². The van der Waals surface area contributed by atoms with Crippen LogP contribution in [-0.2, 0) is 9.22 Å². The molecular formula is C15H32O2Si. The Labute approximate surface area is 115 Å². The first-order chi connectivity index (χ1) is 8.24. The van der Waals surface area contributed by atoms with E-state index in [0.29, 0.717) is 0 Å². The Morgan fingerprint density at radius 2 is 1.67 bits per heavy atom. The second-order valence-corrected chi connectivity index (χ2v) is 11.5. The van der Waals surface area contributed by atoms with Gasteiger partial charge in [0.25, 0.3) is 0 Å². The van der Waals surface area contributed by atoms with Crippen LogP contribution in [0.1, 0.15) is 66.2 Å². The monoisotopic (exact) mass is 272 g/mol. The van der Waals surface area contributed by atoms with Crippen molar-refractivity contribution in [2.45, 2.75) is 90.5 Å². The summed E-state index contributed by atoms with van der Waals surface area (Å²) in [7, 11) is -1.80. The summed E-state index contributed by atoms with van der Waals surface area (Å²) in [6.45, 7) is 13.3. The molecule has 0 N–H and O–H groups in total. The summed E-state index contributed by atoms with van der Waals surface area (Å²) in [5.74, 6) is 0. The first-order valence-corrected chi connectivity index (χ1v) is 10.3. The fourth-order valence-electron chi connectivity index (χ4n) is 1.66. The minimum absolute atomic E-state index is 0.177. The Hall–Kier alpha value is -0.153. The van der Waals surface area contributed by atoms with Gasteiger partial charge in [-0.05, 0) is 24.6 Å². The van der Waals surface area contributed by atoms with E-state index in [1.165, 1.54) is 25.7 Å². The molecule has 18 heavy (non-hydrogen) atoms. The zero-order valence-electron chi connectivity index (χ0n) is 13.2. The molecule has 0 radical (unpaired) electrons. The van der Waals surface area contributed by atoms with Gasteiger partial charge in [0.2, 0.25) is 0 Å². The van der Waals surface area contributed by atoms with Gasteiger partial charge in [0.1, 0.15) is 12.4 Å². The van der Waals surface area contributed by atoms with Gasteiger partial charge in [0.15, 0.2) is 8.32 Å². The van der Waals surface area contributed by atoms with Crippen LogP contribution in [0.2, 0.25) is 18.1 Å². The summed E-state index contributed by atoms with van der Waals surface area (Å²) in [5.41, 5.74) is 0. The van der Waals surface area contributed by atoms with Gasteiger partial charge < -0.3 is 9.22 Å². The molecular weight excluding hydrogens is 240 g/mol. The van der Waals surface area contributed by atoms with Crippen molar-refractivity contribution in [2.24, 2.45) is 0 Å². The van der Waals surface area contributed by atoms with Gasteiger partial charge in [-0.1, -0.05) is 59.8 Å². The molecule has 0 saturated heterocycles. The van der Waals surface area contributed by atoms with Gasteiger partial charge in [-0.15, -0.1) is 0 Å². The van der Waals surface area contributed by atoms with Crippen molar-refractivity contribution >= 4 is 14.6 Å². The molecule has 0 amide bonds. The number of carbonyl (C=O) groups is 1. The van der Waals surface area contributed by atoms with Gasteiger partial charge in [-0.3, -0.25) is 0 Å². The predicted octanol–water partition coefficient (Wildman–Crippen LogP) is 4.94. The van der Waals surface area contributed by atoms with Crippen LogP contribution in [-0.4, -0.2) is 20.7 Å². The van der Waals surface area contributed by atoms with E-state index < -0.39 is 8.32 Å². The fraction of sp³-hybridized carbons (Fsp3) is 0.933. The van der Waals surface area contributed by atoms with E-state index in [4.69, 9.17) is 4.43 Å². The van der Waals surface area contributed by atoms with E-state index in [1.807, 2.05) is 0 Å². The molecule has 0 aromatic rings. The highest BCUT2D eigenvalue weighted by molar-refractivity contribution is 6.74. The molecule has 0 heterocycles. The van der Waals surface area contributed by atoms with Crippen LogP contribution in [0.3, 0.4) is 0 Å². The first kappa shape index (κ1) is 17.8. The van der Waals surface area contributed by atoms with Crippen molar-refractivity contribution in [1.82, 2.24) is 0 Å². The number of unbranched alkanes of at least 4 members (excludes halogenated alkanes) is 4. The number of aldehydes is 1. The Bertz CT molecular complexity index is 231. The van der Waals surface area contributed by atoms with Crippen LogP contribution in [0.5, 0.6) is 0 Å². The fourth-order valence-corrected chi connectivity index (χ4v) is 2.94. The lowest BCUT2D eigenvalue weighted by molar-refractivity contribution is -0.114. The van der Waals surface area contributed by atoms with Crippen LogP contribution in [0.15, 0.2) is 0 Å². The van der Waals surface area contributed by atoms with Crippen molar-refractivity contribution in [2.75, 3.05) is 0 Å². The minimum Gasteiger partial charge on any atom is -0.407 e. The minimum atomic E-state index is -1.80. The molecule has 3 heteroatoms. The highest BCUT2D eigenvalue weighted by Gasteiger charge is 2.38. The smallest absolute Gasteiger partial charge is 0.193 e. The average Bonchev–Trinajstić information content (AvgIpc) is 2.25. The Morgan fingerprint density at radius 1 is 1.11 bits per heavy atom. The van der Waals surface area contributed by atoms with Crippen molar-refractivity contribution < 1.29 is 9.22 Å². The first-order valence-electron chi connectivity index (χ1n) is 7.37. The maximum Gasteiger partial charge on any atom is 0.193 e. The highest BCUT2D eigenvalue weighted by atomic mass is 28.4. The zero-order chi connectivity index (χ0) is 14.2. The maximum absolute atomic E-state index is 11.1. The van der Waals surface area contributed by atoms with Crippen molar-refractivity contribution in [3.63, 3.8) is 0 Å². The lowest BCUT2D eigenvalue weighted by Gasteiger charge is -2.38. The zero-order valence-corrected chi connectivity index (χ0v) is 14.2. The van der Waals surface area contributed by atoms with E-state index in [0.717, 1.165) is 19.1 Å². The highest BCUT2D eigenvalue weighted by Crippen LogP contribution is 2.37. The van der Waals surface area contributed by atoms with Crippen LogP contribution in [0.25, 0.3) is 0 Å².